The van der Waals surface area contributed by atoms with Crippen LogP contribution in [0.1, 0.15) is 42.6 Å². The van der Waals surface area contributed by atoms with E-state index >= 15 is 0 Å². The molecule has 1 N–H and O–H groups in total. The maximum absolute atomic E-state index is 4.57. The van der Waals surface area contributed by atoms with Crippen LogP contribution in [0.15, 0.2) is 0 Å². The van der Waals surface area contributed by atoms with Gasteiger partial charge in [-0.3, -0.25) is 9.58 Å². The van der Waals surface area contributed by atoms with Crippen molar-refractivity contribution < 1.29 is 0 Å². The highest BCUT2D eigenvalue weighted by molar-refractivity contribution is 5.24. The fourth-order valence-electron chi connectivity index (χ4n) is 3.43. The SMILES string of the molecule is Cc1nn(C)c(C)c1CN(CC1CCNCC1)C1CC1. The molecule has 2 fully saturated rings. The van der Waals surface area contributed by atoms with Crippen molar-refractivity contribution in [3.05, 3.63) is 17.0 Å². The Morgan fingerprint density at radius 1 is 1.20 bits per heavy atom. The van der Waals surface area contributed by atoms with Gasteiger partial charge in [0.15, 0.2) is 0 Å². The second-order valence-electron chi connectivity index (χ2n) is 6.63. The average Bonchev–Trinajstić information content (AvgIpc) is 3.24. The molecule has 0 aromatic carbocycles. The molecule has 3 rings (SSSR count). The van der Waals surface area contributed by atoms with Gasteiger partial charge < -0.3 is 5.32 Å². The topological polar surface area (TPSA) is 33.1 Å². The van der Waals surface area contributed by atoms with Crippen molar-refractivity contribution in [2.24, 2.45) is 13.0 Å². The maximum atomic E-state index is 4.57. The molecule has 2 aliphatic rings. The van der Waals surface area contributed by atoms with Gasteiger partial charge in [-0.1, -0.05) is 0 Å². The van der Waals surface area contributed by atoms with Crippen LogP contribution in [0, 0.1) is 19.8 Å². The number of nitrogens with one attached hydrogen (secondary N) is 1. The second-order valence-corrected chi connectivity index (χ2v) is 6.63. The molecule has 2 heterocycles. The van der Waals surface area contributed by atoms with Crippen LogP contribution in [-0.4, -0.2) is 40.4 Å². The zero-order chi connectivity index (χ0) is 14.1. The van der Waals surface area contributed by atoms with Gasteiger partial charge in [0.25, 0.3) is 0 Å². The second kappa shape index (κ2) is 5.86. The van der Waals surface area contributed by atoms with E-state index in [9.17, 15) is 0 Å². The Kier molecular flexibility index (Phi) is 4.13. The number of hydrogen-bond donors (Lipinski definition) is 1. The Hall–Kier alpha value is -0.870. The summed E-state index contributed by atoms with van der Waals surface area (Å²) >= 11 is 0. The van der Waals surface area contributed by atoms with Gasteiger partial charge in [0.05, 0.1) is 5.69 Å². The average molecular weight is 276 g/mol. The minimum atomic E-state index is 0.837. The van der Waals surface area contributed by atoms with E-state index < -0.39 is 0 Å². The van der Waals surface area contributed by atoms with Crippen LogP contribution in [0.4, 0.5) is 0 Å². The molecule has 0 amide bonds. The number of nitrogens with zero attached hydrogens (tertiary/aromatic N) is 3. The van der Waals surface area contributed by atoms with Crippen molar-refractivity contribution in [3.8, 4) is 0 Å². The molecule has 4 heteroatoms. The van der Waals surface area contributed by atoms with Gasteiger partial charge in [-0.15, -0.1) is 0 Å². The standard InChI is InChI=1S/C16H28N4/c1-12-16(13(2)19(3)18-12)11-20(15-4-5-15)10-14-6-8-17-9-7-14/h14-15,17H,4-11H2,1-3H3. The first-order chi connectivity index (χ1) is 9.65. The fourth-order valence-corrected chi connectivity index (χ4v) is 3.43. The first-order valence-electron chi connectivity index (χ1n) is 8.09. The molecule has 0 atom stereocenters. The molecule has 1 aliphatic heterocycles. The van der Waals surface area contributed by atoms with Crippen molar-refractivity contribution in [1.82, 2.24) is 20.0 Å². The summed E-state index contributed by atoms with van der Waals surface area (Å²) < 4.78 is 2.03. The quantitative estimate of drug-likeness (QED) is 0.893. The minimum absolute atomic E-state index is 0.837. The van der Waals surface area contributed by atoms with Gasteiger partial charge >= 0.3 is 0 Å². The zero-order valence-corrected chi connectivity index (χ0v) is 13.2. The molecule has 0 unspecified atom stereocenters. The Bertz CT molecular complexity index is 455. The minimum Gasteiger partial charge on any atom is -0.317 e. The van der Waals surface area contributed by atoms with Crippen LogP contribution in [0.5, 0.6) is 0 Å². The molecule has 1 saturated heterocycles. The molecule has 1 saturated carbocycles. The molecule has 0 bridgehead atoms. The molecule has 4 nitrogen and oxygen atoms in total. The summed E-state index contributed by atoms with van der Waals surface area (Å²) in [5, 5.41) is 8.04. The van der Waals surface area contributed by atoms with Crippen LogP contribution in [-0.2, 0) is 13.6 Å². The van der Waals surface area contributed by atoms with Gasteiger partial charge in [0, 0.05) is 37.4 Å². The maximum Gasteiger partial charge on any atom is 0.0641 e. The number of aryl methyl sites for hydroxylation is 2. The predicted molar refractivity (Wildman–Crippen MR) is 81.7 cm³/mol. The molecule has 112 valence electrons. The van der Waals surface area contributed by atoms with E-state index in [1.807, 2.05) is 4.68 Å². The van der Waals surface area contributed by atoms with Crippen molar-refractivity contribution >= 4 is 0 Å². The highest BCUT2D eigenvalue weighted by Gasteiger charge is 2.31. The molecule has 1 aliphatic carbocycles. The van der Waals surface area contributed by atoms with Crippen molar-refractivity contribution in [3.63, 3.8) is 0 Å². The molecular weight excluding hydrogens is 248 g/mol. The van der Waals surface area contributed by atoms with Gasteiger partial charge in [-0.2, -0.15) is 5.10 Å². The monoisotopic (exact) mass is 276 g/mol. The Morgan fingerprint density at radius 3 is 2.45 bits per heavy atom. The molecule has 0 radical (unpaired) electrons. The zero-order valence-electron chi connectivity index (χ0n) is 13.2. The highest BCUT2D eigenvalue weighted by atomic mass is 15.3. The summed E-state index contributed by atoms with van der Waals surface area (Å²) in [5.74, 6) is 0.883. The summed E-state index contributed by atoms with van der Waals surface area (Å²) in [7, 11) is 2.06. The lowest BCUT2D eigenvalue weighted by molar-refractivity contribution is 0.189. The Morgan fingerprint density at radius 2 is 1.90 bits per heavy atom. The first kappa shape index (κ1) is 14.1. The van der Waals surface area contributed by atoms with E-state index in [-0.39, 0.29) is 0 Å². The molecule has 20 heavy (non-hydrogen) atoms. The van der Waals surface area contributed by atoms with E-state index in [1.54, 1.807) is 0 Å². The third-order valence-corrected chi connectivity index (χ3v) is 5.03. The van der Waals surface area contributed by atoms with Gasteiger partial charge in [0.2, 0.25) is 0 Å². The Balaban J connectivity index is 1.67. The lowest BCUT2D eigenvalue weighted by Gasteiger charge is -2.30. The van der Waals surface area contributed by atoms with E-state index in [4.69, 9.17) is 0 Å². The fraction of sp³-hybridized carbons (Fsp3) is 0.812. The van der Waals surface area contributed by atoms with Crippen LogP contribution < -0.4 is 5.32 Å². The van der Waals surface area contributed by atoms with Crippen molar-refractivity contribution in [1.29, 1.82) is 0 Å². The lowest BCUT2D eigenvalue weighted by Crippen LogP contribution is -2.37. The molecule has 1 aromatic heterocycles. The third-order valence-electron chi connectivity index (χ3n) is 5.03. The molecule has 1 aromatic rings. The molecule has 0 spiro atoms. The number of hydrogen-bond acceptors (Lipinski definition) is 3. The van der Waals surface area contributed by atoms with E-state index in [0.29, 0.717) is 0 Å². The first-order valence-corrected chi connectivity index (χ1v) is 8.09. The van der Waals surface area contributed by atoms with E-state index in [2.05, 4.69) is 36.2 Å². The predicted octanol–water partition coefficient (Wildman–Crippen LogP) is 2.00. The summed E-state index contributed by atoms with van der Waals surface area (Å²) in [4.78, 5) is 2.73. The van der Waals surface area contributed by atoms with Crippen molar-refractivity contribution in [2.75, 3.05) is 19.6 Å². The van der Waals surface area contributed by atoms with Gasteiger partial charge in [-0.25, -0.2) is 0 Å². The van der Waals surface area contributed by atoms with Gasteiger partial charge in [-0.05, 0) is 58.5 Å². The number of aromatic nitrogens is 2. The van der Waals surface area contributed by atoms with Gasteiger partial charge in [0.1, 0.15) is 0 Å². The smallest absolute Gasteiger partial charge is 0.0641 e. The van der Waals surface area contributed by atoms with Crippen LogP contribution >= 0.6 is 0 Å². The van der Waals surface area contributed by atoms with E-state index in [1.165, 1.54) is 62.3 Å². The molecular formula is C16H28N4. The number of rotatable bonds is 5. The highest BCUT2D eigenvalue weighted by Crippen LogP contribution is 2.31. The third kappa shape index (κ3) is 3.07. The lowest BCUT2D eigenvalue weighted by atomic mass is 9.97. The van der Waals surface area contributed by atoms with E-state index in [0.717, 1.165) is 18.5 Å². The largest absolute Gasteiger partial charge is 0.317 e. The van der Waals surface area contributed by atoms with Crippen LogP contribution in [0.2, 0.25) is 0 Å². The summed E-state index contributed by atoms with van der Waals surface area (Å²) in [5.41, 5.74) is 3.99. The summed E-state index contributed by atoms with van der Waals surface area (Å²) in [6.45, 7) is 9.13. The summed E-state index contributed by atoms with van der Waals surface area (Å²) in [6, 6.07) is 0.837. The number of piperidine rings is 1. The van der Waals surface area contributed by atoms with Crippen LogP contribution in [0.3, 0.4) is 0 Å². The van der Waals surface area contributed by atoms with Crippen molar-refractivity contribution in [2.45, 2.75) is 52.1 Å². The van der Waals surface area contributed by atoms with Crippen LogP contribution in [0.25, 0.3) is 0 Å². The normalized spacial score (nSPS) is 20.8. The summed E-state index contributed by atoms with van der Waals surface area (Å²) in [6.07, 6.45) is 5.47. The Labute approximate surface area is 122 Å².